The number of carboxylic acid groups (broad SMARTS) is 1. The lowest BCUT2D eigenvalue weighted by Gasteiger charge is -2.20. The van der Waals surface area contributed by atoms with Crippen molar-refractivity contribution in [3.8, 4) is 0 Å². The van der Waals surface area contributed by atoms with Crippen molar-refractivity contribution >= 4 is 23.5 Å². The van der Waals surface area contributed by atoms with E-state index in [1.54, 1.807) is 57.2 Å². The lowest BCUT2D eigenvalue weighted by molar-refractivity contribution is -0.153. The highest BCUT2D eigenvalue weighted by atomic mass is 16.6. The van der Waals surface area contributed by atoms with E-state index in [-0.39, 0.29) is 30.3 Å². The van der Waals surface area contributed by atoms with Crippen molar-refractivity contribution in [3.63, 3.8) is 0 Å². The summed E-state index contributed by atoms with van der Waals surface area (Å²) in [6, 6.07) is 13.2. The van der Waals surface area contributed by atoms with Gasteiger partial charge in [0.15, 0.2) is 0 Å². The third-order valence-corrected chi connectivity index (χ3v) is 3.61. The number of esters is 1. The molecule has 6 nitrogen and oxygen atoms in total. The number of para-hydroxylation sites is 1. The number of carbonyl (C=O) groups is 3. The zero-order valence-electron chi connectivity index (χ0n) is 15.6. The Morgan fingerprint density at radius 2 is 1.59 bits per heavy atom. The van der Waals surface area contributed by atoms with Crippen LogP contribution >= 0.6 is 0 Å². The number of nitrogens with one attached hydrogen (secondary N) is 1. The van der Waals surface area contributed by atoms with Gasteiger partial charge in [0.25, 0.3) is 0 Å². The van der Waals surface area contributed by atoms with Crippen LogP contribution in [-0.4, -0.2) is 28.6 Å². The Bertz CT molecular complexity index is 834. The van der Waals surface area contributed by atoms with Crippen LogP contribution in [0.25, 0.3) is 0 Å². The number of carboxylic acids is 1. The Kier molecular flexibility index (Phi) is 6.34. The predicted octanol–water partition coefficient (Wildman–Crippen LogP) is 3.45. The molecule has 0 bridgehead atoms. The van der Waals surface area contributed by atoms with E-state index in [4.69, 9.17) is 9.84 Å². The first-order valence-electron chi connectivity index (χ1n) is 8.56. The quantitative estimate of drug-likeness (QED) is 0.761. The Balaban J connectivity index is 2.03. The maximum atomic E-state index is 12.3. The first-order valence-corrected chi connectivity index (χ1v) is 8.56. The molecule has 0 fully saturated rings. The molecule has 0 unspecified atom stereocenters. The number of benzene rings is 2. The molecule has 2 aromatic rings. The zero-order chi connectivity index (χ0) is 20.0. The summed E-state index contributed by atoms with van der Waals surface area (Å²) in [6.07, 6.45) is 0.154. The molecule has 0 heterocycles. The molecular weight excluding hydrogens is 346 g/mol. The van der Waals surface area contributed by atoms with Gasteiger partial charge in [-0.1, -0.05) is 30.3 Å². The van der Waals surface area contributed by atoms with Crippen LogP contribution in [0.5, 0.6) is 0 Å². The van der Waals surface area contributed by atoms with Crippen molar-refractivity contribution in [1.29, 1.82) is 0 Å². The van der Waals surface area contributed by atoms with Crippen molar-refractivity contribution in [2.75, 3.05) is 5.32 Å². The lowest BCUT2D eigenvalue weighted by atomic mass is 10.1. The standard InChI is InChI=1S/C21H23NO5/c1-21(2,3)27-19(24)13-16-6-4-5-7-17(16)22-18(23)12-14-8-10-15(11-9-14)20(25)26/h4-11H,12-13H2,1-3H3,(H,22,23)(H,25,26). The third-order valence-electron chi connectivity index (χ3n) is 3.61. The number of anilines is 1. The molecule has 0 aliphatic rings. The molecule has 2 N–H and O–H groups in total. The molecule has 0 saturated heterocycles. The fourth-order valence-electron chi connectivity index (χ4n) is 2.47. The van der Waals surface area contributed by atoms with E-state index in [1.165, 1.54) is 12.1 Å². The van der Waals surface area contributed by atoms with Crippen LogP contribution in [0.15, 0.2) is 48.5 Å². The van der Waals surface area contributed by atoms with Crippen molar-refractivity contribution in [1.82, 2.24) is 0 Å². The topological polar surface area (TPSA) is 92.7 Å². The molecule has 1 amide bonds. The van der Waals surface area contributed by atoms with Gasteiger partial charge in [-0.15, -0.1) is 0 Å². The number of ether oxygens (including phenoxy) is 1. The highest BCUT2D eigenvalue weighted by Gasteiger charge is 2.18. The van der Waals surface area contributed by atoms with Gasteiger partial charge in [0.2, 0.25) is 5.91 Å². The van der Waals surface area contributed by atoms with Gasteiger partial charge < -0.3 is 15.2 Å². The molecule has 0 saturated carbocycles. The van der Waals surface area contributed by atoms with Crippen molar-refractivity contribution < 1.29 is 24.2 Å². The van der Waals surface area contributed by atoms with Crippen molar-refractivity contribution in [3.05, 3.63) is 65.2 Å². The molecule has 142 valence electrons. The number of hydrogen-bond donors (Lipinski definition) is 2. The second kappa shape index (κ2) is 8.49. The van der Waals surface area contributed by atoms with E-state index >= 15 is 0 Å². The number of rotatable bonds is 6. The molecule has 2 rings (SSSR count). The third kappa shape index (κ3) is 6.58. The van der Waals surface area contributed by atoms with Crippen LogP contribution in [-0.2, 0) is 27.2 Å². The summed E-state index contributed by atoms with van der Waals surface area (Å²) in [5, 5.41) is 11.7. The average Bonchev–Trinajstić information content (AvgIpc) is 2.55. The van der Waals surface area contributed by atoms with Crippen molar-refractivity contribution in [2.24, 2.45) is 0 Å². The normalized spacial score (nSPS) is 10.9. The van der Waals surface area contributed by atoms with E-state index in [9.17, 15) is 14.4 Å². The molecule has 2 aromatic carbocycles. The summed E-state index contributed by atoms with van der Waals surface area (Å²) in [5.74, 6) is -1.63. The number of aromatic carboxylic acids is 1. The fourth-order valence-corrected chi connectivity index (χ4v) is 2.47. The molecule has 6 heteroatoms. The maximum Gasteiger partial charge on any atom is 0.335 e. The predicted molar refractivity (Wildman–Crippen MR) is 102 cm³/mol. The summed E-state index contributed by atoms with van der Waals surface area (Å²) in [4.78, 5) is 35.3. The lowest BCUT2D eigenvalue weighted by Crippen LogP contribution is -2.25. The molecule has 0 aliphatic carbocycles. The summed E-state index contributed by atoms with van der Waals surface area (Å²) in [6.45, 7) is 5.40. The van der Waals surface area contributed by atoms with Crippen LogP contribution in [0, 0.1) is 0 Å². The number of carbonyl (C=O) groups excluding carboxylic acids is 2. The van der Waals surface area contributed by atoms with Gasteiger partial charge in [-0.05, 0) is 50.1 Å². The highest BCUT2D eigenvalue weighted by Crippen LogP contribution is 2.18. The first kappa shape index (κ1) is 20.2. The number of amides is 1. The molecule has 0 atom stereocenters. The fraction of sp³-hybridized carbons (Fsp3) is 0.286. The summed E-state index contributed by atoms with van der Waals surface area (Å²) < 4.78 is 5.33. The van der Waals surface area contributed by atoms with Gasteiger partial charge in [-0.25, -0.2) is 4.79 Å². The van der Waals surface area contributed by atoms with Gasteiger partial charge >= 0.3 is 11.9 Å². The largest absolute Gasteiger partial charge is 0.478 e. The van der Waals surface area contributed by atoms with E-state index in [2.05, 4.69) is 5.32 Å². The van der Waals surface area contributed by atoms with E-state index in [1.807, 2.05) is 0 Å². The second-order valence-corrected chi connectivity index (χ2v) is 7.15. The molecule has 0 aromatic heterocycles. The molecule has 0 radical (unpaired) electrons. The number of hydrogen-bond acceptors (Lipinski definition) is 4. The van der Waals surface area contributed by atoms with E-state index in [0.717, 1.165) is 0 Å². The minimum absolute atomic E-state index is 0.0566. The average molecular weight is 369 g/mol. The summed E-state index contributed by atoms with van der Waals surface area (Å²) in [5.41, 5.74) is 1.51. The van der Waals surface area contributed by atoms with Gasteiger partial charge in [-0.3, -0.25) is 9.59 Å². The molecule has 0 spiro atoms. The Morgan fingerprint density at radius 3 is 2.19 bits per heavy atom. The van der Waals surface area contributed by atoms with Gasteiger partial charge in [0.05, 0.1) is 18.4 Å². The summed E-state index contributed by atoms with van der Waals surface area (Å²) >= 11 is 0. The zero-order valence-corrected chi connectivity index (χ0v) is 15.6. The van der Waals surface area contributed by atoms with Gasteiger partial charge in [-0.2, -0.15) is 0 Å². The van der Waals surface area contributed by atoms with Crippen LogP contribution in [0.1, 0.15) is 42.3 Å². The Hall–Kier alpha value is -3.15. The maximum absolute atomic E-state index is 12.3. The smallest absolute Gasteiger partial charge is 0.335 e. The highest BCUT2D eigenvalue weighted by molar-refractivity contribution is 5.94. The second-order valence-electron chi connectivity index (χ2n) is 7.15. The SMILES string of the molecule is CC(C)(C)OC(=O)Cc1ccccc1NC(=O)Cc1ccc(C(=O)O)cc1. The molecule has 27 heavy (non-hydrogen) atoms. The summed E-state index contributed by atoms with van der Waals surface area (Å²) in [7, 11) is 0. The molecule has 0 aliphatic heterocycles. The Morgan fingerprint density at radius 1 is 0.963 bits per heavy atom. The minimum atomic E-state index is -1.01. The van der Waals surface area contributed by atoms with Gasteiger partial charge in [0.1, 0.15) is 5.60 Å². The van der Waals surface area contributed by atoms with Crippen LogP contribution in [0.2, 0.25) is 0 Å². The first-order chi connectivity index (χ1) is 12.6. The van der Waals surface area contributed by atoms with Crippen LogP contribution < -0.4 is 5.32 Å². The van der Waals surface area contributed by atoms with Gasteiger partial charge in [0, 0.05) is 5.69 Å². The van der Waals surface area contributed by atoms with Crippen LogP contribution in [0.3, 0.4) is 0 Å². The molecular formula is C21H23NO5. The van der Waals surface area contributed by atoms with E-state index < -0.39 is 11.6 Å². The van der Waals surface area contributed by atoms with E-state index in [0.29, 0.717) is 16.8 Å². The minimum Gasteiger partial charge on any atom is -0.478 e. The van der Waals surface area contributed by atoms with Crippen LogP contribution in [0.4, 0.5) is 5.69 Å². The van der Waals surface area contributed by atoms with Crippen molar-refractivity contribution in [2.45, 2.75) is 39.2 Å². The monoisotopic (exact) mass is 369 g/mol. The Labute approximate surface area is 158 Å².